The molecular formula is C18H26N6O. The summed E-state index contributed by atoms with van der Waals surface area (Å²) < 4.78 is 0. The summed E-state index contributed by atoms with van der Waals surface area (Å²) in [5, 5.41) is 10.1. The molecule has 1 aliphatic rings. The van der Waals surface area contributed by atoms with Gasteiger partial charge in [0.05, 0.1) is 6.61 Å². The fourth-order valence-electron chi connectivity index (χ4n) is 3.64. The lowest BCUT2D eigenvalue weighted by Gasteiger charge is -2.42. The highest BCUT2D eigenvalue weighted by Crippen LogP contribution is 2.36. The number of rotatable bonds is 6. The van der Waals surface area contributed by atoms with E-state index in [1.54, 1.807) is 0 Å². The molecular weight excluding hydrogens is 316 g/mol. The fourth-order valence-corrected chi connectivity index (χ4v) is 3.64. The first-order valence-electron chi connectivity index (χ1n) is 8.77. The molecule has 1 fully saturated rings. The zero-order valence-electron chi connectivity index (χ0n) is 14.4. The molecule has 7 heteroatoms. The molecule has 134 valence electrons. The maximum absolute atomic E-state index is 10.1. The van der Waals surface area contributed by atoms with Crippen LogP contribution in [0.25, 0.3) is 0 Å². The van der Waals surface area contributed by atoms with Gasteiger partial charge in [-0.05, 0) is 37.7 Å². The van der Waals surface area contributed by atoms with Gasteiger partial charge in [-0.3, -0.25) is 0 Å². The third-order valence-corrected chi connectivity index (χ3v) is 4.95. The number of aliphatic hydroxyl groups is 1. The molecule has 1 saturated heterocycles. The second kappa shape index (κ2) is 7.65. The Kier molecular flexibility index (Phi) is 5.33. The van der Waals surface area contributed by atoms with Crippen LogP contribution in [0, 0.1) is 5.41 Å². The third-order valence-electron chi connectivity index (χ3n) is 4.95. The molecule has 1 atom stereocenters. The van der Waals surface area contributed by atoms with Gasteiger partial charge in [0, 0.05) is 18.5 Å². The molecule has 3 rings (SSSR count). The molecule has 0 bridgehead atoms. The molecule has 0 aliphatic carbocycles. The summed E-state index contributed by atoms with van der Waals surface area (Å²) in [6, 6.07) is 10.5. The monoisotopic (exact) mass is 342 g/mol. The van der Waals surface area contributed by atoms with Crippen LogP contribution in [0.3, 0.4) is 0 Å². The molecule has 25 heavy (non-hydrogen) atoms. The topological polar surface area (TPSA) is 114 Å². The highest BCUT2D eigenvalue weighted by molar-refractivity contribution is 5.40. The van der Waals surface area contributed by atoms with Crippen LogP contribution in [0.5, 0.6) is 0 Å². The van der Waals surface area contributed by atoms with Crippen LogP contribution in [0.4, 0.5) is 17.8 Å². The number of hydrogen-bond donors (Lipinski definition) is 3. The van der Waals surface area contributed by atoms with E-state index < -0.39 is 0 Å². The second-order valence-corrected chi connectivity index (χ2v) is 6.87. The molecule has 2 heterocycles. The minimum absolute atomic E-state index is 0.131. The number of aliphatic hydroxyl groups excluding tert-OH is 1. The minimum Gasteiger partial charge on any atom is -0.396 e. The van der Waals surface area contributed by atoms with E-state index >= 15 is 0 Å². The quantitative estimate of drug-likeness (QED) is 0.731. The second-order valence-electron chi connectivity index (χ2n) is 6.87. The third kappa shape index (κ3) is 4.36. The van der Waals surface area contributed by atoms with Crippen LogP contribution in [-0.2, 0) is 6.42 Å². The first-order valence-corrected chi connectivity index (χ1v) is 8.77. The van der Waals surface area contributed by atoms with E-state index in [1.165, 1.54) is 5.56 Å². The summed E-state index contributed by atoms with van der Waals surface area (Å²) in [5.74, 6) is 0.768. The van der Waals surface area contributed by atoms with Crippen molar-refractivity contribution in [2.75, 3.05) is 36.1 Å². The largest absolute Gasteiger partial charge is 0.396 e. The summed E-state index contributed by atoms with van der Waals surface area (Å²) in [4.78, 5) is 14.3. The highest BCUT2D eigenvalue weighted by atomic mass is 16.3. The van der Waals surface area contributed by atoms with Gasteiger partial charge >= 0.3 is 0 Å². The van der Waals surface area contributed by atoms with E-state index in [1.807, 2.05) is 6.07 Å². The normalized spacial score (nSPS) is 20.6. The molecule has 7 nitrogen and oxygen atoms in total. The molecule has 2 aromatic rings. The van der Waals surface area contributed by atoms with Crippen molar-refractivity contribution >= 4 is 17.8 Å². The maximum atomic E-state index is 10.1. The summed E-state index contributed by atoms with van der Waals surface area (Å²) in [7, 11) is 0. The van der Waals surface area contributed by atoms with Gasteiger partial charge < -0.3 is 21.5 Å². The van der Waals surface area contributed by atoms with Crippen molar-refractivity contribution in [3.8, 4) is 0 Å². The summed E-state index contributed by atoms with van der Waals surface area (Å²) in [5.41, 5.74) is 12.6. The lowest BCUT2D eigenvalue weighted by molar-refractivity contribution is 0.0936. The zero-order valence-corrected chi connectivity index (χ0v) is 14.4. The van der Waals surface area contributed by atoms with Crippen molar-refractivity contribution < 1.29 is 5.11 Å². The molecule has 0 spiro atoms. The molecule has 0 radical (unpaired) electrons. The number of nitrogen functional groups attached to an aromatic ring is 2. The first kappa shape index (κ1) is 17.4. The molecule has 1 aromatic carbocycles. The van der Waals surface area contributed by atoms with E-state index in [0.29, 0.717) is 12.5 Å². The highest BCUT2D eigenvalue weighted by Gasteiger charge is 2.35. The number of hydrogen-bond acceptors (Lipinski definition) is 7. The predicted octanol–water partition coefficient (Wildman–Crippen LogP) is 1.64. The molecule has 1 aromatic heterocycles. The van der Waals surface area contributed by atoms with Crippen LogP contribution in [0.1, 0.15) is 31.2 Å². The smallest absolute Gasteiger partial charge is 0.231 e. The molecule has 5 N–H and O–H groups in total. The van der Waals surface area contributed by atoms with Gasteiger partial charge in [0.2, 0.25) is 17.8 Å². The Labute approximate surface area is 148 Å². The van der Waals surface area contributed by atoms with E-state index in [2.05, 4.69) is 44.1 Å². The lowest BCUT2D eigenvalue weighted by Crippen LogP contribution is -2.46. The van der Waals surface area contributed by atoms with E-state index in [4.69, 9.17) is 11.5 Å². The number of nitrogens with zero attached hydrogens (tertiary/aromatic N) is 4. The molecule has 0 amide bonds. The van der Waals surface area contributed by atoms with Crippen LogP contribution in [0.15, 0.2) is 30.3 Å². The van der Waals surface area contributed by atoms with Crippen molar-refractivity contribution in [2.24, 2.45) is 5.41 Å². The first-order chi connectivity index (χ1) is 12.1. The van der Waals surface area contributed by atoms with Crippen LogP contribution < -0.4 is 16.4 Å². The van der Waals surface area contributed by atoms with E-state index in [-0.39, 0.29) is 23.9 Å². The Hall–Kier alpha value is -2.41. The molecule has 0 saturated carbocycles. The van der Waals surface area contributed by atoms with Gasteiger partial charge in [0.15, 0.2) is 0 Å². The van der Waals surface area contributed by atoms with Crippen molar-refractivity contribution in [1.82, 2.24) is 15.0 Å². The zero-order chi connectivity index (χ0) is 17.7. The van der Waals surface area contributed by atoms with Crippen molar-refractivity contribution in [3.63, 3.8) is 0 Å². The Balaban J connectivity index is 1.66. The lowest BCUT2D eigenvalue weighted by atomic mass is 9.76. The summed E-state index contributed by atoms with van der Waals surface area (Å²) in [6.45, 7) is 1.71. The number of benzene rings is 1. The number of nitrogens with two attached hydrogens (primary N) is 2. The van der Waals surface area contributed by atoms with Gasteiger partial charge in [-0.15, -0.1) is 0 Å². The standard InChI is InChI=1S/C18H26N6O/c19-15-21-16(20)23-17(22-15)24-11-5-10-18(12-24,13-25)9-4-8-14-6-2-1-3-7-14/h1-3,6-7,25H,4-5,8-13H2,(H4,19,20,21,22,23). The Morgan fingerprint density at radius 1 is 1.08 bits per heavy atom. The fraction of sp³-hybridized carbons (Fsp3) is 0.500. The average Bonchev–Trinajstić information content (AvgIpc) is 2.62. The summed E-state index contributed by atoms with van der Waals surface area (Å²) in [6.07, 6.45) is 5.02. The van der Waals surface area contributed by atoms with Crippen molar-refractivity contribution in [3.05, 3.63) is 35.9 Å². The van der Waals surface area contributed by atoms with E-state index in [0.717, 1.165) is 38.6 Å². The molecule has 1 unspecified atom stereocenters. The summed E-state index contributed by atoms with van der Waals surface area (Å²) >= 11 is 0. The van der Waals surface area contributed by atoms with Crippen molar-refractivity contribution in [2.45, 2.75) is 32.1 Å². The number of piperidine rings is 1. The molecule has 1 aliphatic heterocycles. The van der Waals surface area contributed by atoms with Gasteiger partial charge in [-0.2, -0.15) is 15.0 Å². The van der Waals surface area contributed by atoms with Gasteiger partial charge in [0.25, 0.3) is 0 Å². The Morgan fingerprint density at radius 2 is 1.80 bits per heavy atom. The van der Waals surface area contributed by atoms with Crippen molar-refractivity contribution in [1.29, 1.82) is 0 Å². The van der Waals surface area contributed by atoms with Crippen LogP contribution in [-0.4, -0.2) is 39.8 Å². The van der Waals surface area contributed by atoms with Gasteiger partial charge in [0.1, 0.15) is 0 Å². The number of aromatic nitrogens is 3. The van der Waals surface area contributed by atoms with E-state index in [9.17, 15) is 5.11 Å². The Bertz CT molecular complexity index is 675. The number of aryl methyl sites for hydroxylation is 1. The van der Waals surface area contributed by atoms with Gasteiger partial charge in [-0.25, -0.2) is 0 Å². The van der Waals surface area contributed by atoms with Crippen LogP contribution >= 0.6 is 0 Å². The predicted molar refractivity (Wildman–Crippen MR) is 99.0 cm³/mol. The van der Waals surface area contributed by atoms with Gasteiger partial charge in [-0.1, -0.05) is 30.3 Å². The Morgan fingerprint density at radius 3 is 2.48 bits per heavy atom. The number of anilines is 3. The SMILES string of the molecule is Nc1nc(N)nc(N2CCCC(CO)(CCCc3ccccc3)C2)n1. The minimum atomic E-state index is -0.136. The maximum Gasteiger partial charge on any atom is 0.231 e. The average molecular weight is 342 g/mol. The van der Waals surface area contributed by atoms with Crippen LogP contribution in [0.2, 0.25) is 0 Å².